The molecule has 12 unspecified atom stereocenters. The second kappa shape index (κ2) is 53.2. The Labute approximate surface area is 659 Å². The largest absolute Gasteiger partial charge is 0.394 e. The highest BCUT2D eigenvalue weighted by molar-refractivity contribution is 5.76. The number of ether oxygens (including phenoxy) is 12. The van der Waals surface area contributed by atoms with Gasteiger partial charge in [0.25, 0.3) is 0 Å². The van der Waals surface area contributed by atoms with Crippen LogP contribution in [0.15, 0.2) is 12.2 Å². The Morgan fingerprint density at radius 3 is 1.17 bits per heavy atom. The van der Waals surface area contributed by atoms with E-state index < -0.39 is 242 Å². The van der Waals surface area contributed by atoms with Crippen LogP contribution < -0.4 is 10.6 Å². The zero-order valence-corrected chi connectivity index (χ0v) is 66.3. The van der Waals surface area contributed by atoms with E-state index in [0.717, 1.165) is 58.3 Å². The molecule has 6 aliphatic rings. The van der Waals surface area contributed by atoms with Gasteiger partial charge in [0.2, 0.25) is 11.8 Å². The second-order valence-electron chi connectivity index (χ2n) is 31.3. The van der Waals surface area contributed by atoms with Crippen molar-refractivity contribution in [3.05, 3.63) is 12.2 Å². The lowest BCUT2D eigenvalue weighted by molar-refractivity contribution is -0.396. The number of hydrogen-bond acceptors (Lipinski definition) is 32. The Hall–Kier alpha value is -2.52. The number of carbonyl (C=O) groups excluding carboxylic acids is 2. The van der Waals surface area contributed by atoms with E-state index in [4.69, 9.17) is 56.8 Å². The van der Waals surface area contributed by atoms with E-state index in [2.05, 4.69) is 24.5 Å². The van der Waals surface area contributed by atoms with Crippen LogP contribution in [0.3, 0.4) is 0 Å². The molecule has 0 aliphatic carbocycles. The van der Waals surface area contributed by atoms with Crippen LogP contribution in [0.25, 0.3) is 0 Å². The summed E-state index contributed by atoms with van der Waals surface area (Å²) in [6.07, 6.45) is -17.0. The molecule has 0 spiro atoms. The van der Waals surface area contributed by atoms with Crippen molar-refractivity contribution in [1.29, 1.82) is 0 Å². The predicted octanol–water partition coefficient (Wildman–Crippen LogP) is 0.0202. The van der Waals surface area contributed by atoms with Crippen LogP contribution >= 0.6 is 0 Å². The molecule has 32 atom stereocenters. The fraction of sp³-hybridized carbons (Fsp3) is 0.949. The van der Waals surface area contributed by atoms with Crippen LogP contribution in [0.4, 0.5) is 0 Å². The smallest absolute Gasteiger partial charge is 0.220 e. The van der Waals surface area contributed by atoms with Gasteiger partial charge >= 0.3 is 0 Å². The molecule has 2 amide bonds. The Balaban J connectivity index is 1.10. The molecular weight excluding hydrogens is 1480 g/mol. The van der Waals surface area contributed by atoms with Crippen LogP contribution in [-0.4, -0.2) is 340 Å². The van der Waals surface area contributed by atoms with Gasteiger partial charge in [0.15, 0.2) is 37.7 Å². The molecule has 6 saturated heterocycles. The first-order valence-electron chi connectivity index (χ1n) is 41.8. The number of rotatable bonds is 54. The first kappa shape index (κ1) is 98.3. The first-order valence-corrected chi connectivity index (χ1v) is 41.8. The molecule has 6 aliphatic heterocycles. The SMILES string of the molecule is CCCCCCCCCCCCC/C=C/[C@@H](O)[C@H](CO[C@@H]1OC(CO)[C@@H](O[C@@H]2OC(CO)[C@H](O)[C@H](O[C@H]3OC(CO)[C@H](O)[C@H](O[C@@H]4OC(CO)[C@@H](O[C@@H]5OC(CO)[C@H](O)[C@H](O)C5O)[C@H](O[C@H]5OC(C)[C@@H](O)C(O)[C@@H]5O)C4NC(C)=O)C3O)C2O)[C@H](O)C1O)NC(=O)CCCCCCCCCCCCCCCCCCCCC. The minimum Gasteiger partial charge on any atom is -0.394 e. The highest BCUT2D eigenvalue weighted by Crippen LogP contribution is 2.39. The third-order valence-electron chi connectivity index (χ3n) is 22.3. The Morgan fingerprint density at radius 2 is 0.714 bits per heavy atom. The Morgan fingerprint density at radius 1 is 0.366 bits per heavy atom. The van der Waals surface area contributed by atoms with Crippen molar-refractivity contribution in [1.82, 2.24) is 10.6 Å². The number of aliphatic hydroxyl groups excluding tert-OH is 18. The van der Waals surface area contributed by atoms with Crippen molar-refractivity contribution < 1.29 is 158 Å². The molecule has 6 heterocycles. The maximum atomic E-state index is 13.6. The van der Waals surface area contributed by atoms with E-state index in [1.54, 1.807) is 6.08 Å². The third-order valence-corrected chi connectivity index (χ3v) is 22.3. The molecule has 0 aromatic rings. The minimum atomic E-state index is -2.31. The molecule has 34 heteroatoms. The van der Waals surface area contributed by atoms with Gasteiger partial charge in [-0.05, 0) is 26.2 Å². The highest BCUT2D eigenvalue weighted by atomic mass is 16.8. The van der Waals surface area contributed by atoms with Gasteiger partial charge in [-0.2, -0.15) is 0 Å². The topological polar surface area (TPSA) is 533 Å². The summed E-state index contributed by atoms with van der Waals surface area (Å²) in [6.45, 7) is 1.30. The van der Waals surface area contributed by atoms with Crippen LogP contribution in [0.5, 0.6) is 0 Å². The fourth-order valence-electron chi connectivity index (χ4n) is 15.3. The van der Waals surface area contributed by atoms with Crippen LogP contribution in [0.2, 0.25) is 0 Å². The molecule has 6 fully saturated rings. The van der Waals surface area contributed by atoms with Gasteiger partial charge in [0.1, 0.15) is 140 Å². The van der Waals surface area contributed by atoms with Crippen molar-refractivity contribution >= 4 is 11.8 Å². The van der Waals surface area contributed by atoms with Crippen LogP contribution in [0.1, 0.15) is 233 Å². The average molecular weight is 1620 g/mol. The van der Waals surface area contributed by atoms with E-state index in [1.807, 2.05) is 6.08 Å². The monoisotopic (exact) mass is 1620 g/mol. The van der Waals surface area contributed by atoms with Crippen molar-refractivity contribution in [3.63, 3.8) is 0 Å². The Kier molecular flexibility index (Phi) is 46.7. The summed E-state index contributed by atoms with van der Waals surface area (Å²) in [4.78, 5) is 26.8. The quantitative estimate of drug-likeness (QED) is 0.0282. The summed E-state index contributed by atoms with van der Waals surface area (Å²) in [6, 6.07) is -2.92. The zero-order valence-electron chi connectivity index (χ0n) is 66.3. The lowest BCUT2D eigenvalue weighted by Gasteiger charge is -2.51. The first-order chi connectivity index (χ1) is 53.9. The number of allylic oxidation sites excluding steroid dienone is 1. The van der Waals surface area contributed by atoms with E-state index in [0.29, 0.717) is 12.8 Å². The molecule has 0 aromatic carbocycles. The molecule has 6 rings (SSSR count). The lowest BCUT2D eigenvalue weighted by Crippen LogP contribution is -2.71. The van der Waals surface area contributed by atoms with Crippen molar-refractivity contribution in [2.75, 3.05) is 39.6 Å². The van der Waals surface area contributed by atoms with Crippen LogP contribution in [-0.2, 0) is 66.4 Å². The molecule has 20 N–H and O–H groups in total. The third kappa shape index (κ3) is 30.3. The standard InChI is InChI=1S/C78H142N2O32/c1-5-7-9-11-13-15-17-19-20-21-22-23-24-26-28-30-32-34-36-38-54(88)80-47(48(87)37-35-33-31-29-27-25-18-16-14-12-10-8-6-2)44-101-74-65(98)62(95)68(52(42-84)107-74)108-77-67(100)72(59(92)51(41-83)104-77)112-78-66(99)71(58(91)50(40-82)105-78)111-73-55(79-46(4)86)70(110-75-63(96)60(93)56(89)45(3)102-75)69(53(43-85)106-73)109-76-64(97)61(94)57(90)49(39-81)103-76/h35,37,45,47-53,55-78,81-85,87,89-100H,5-34,36,38-44H2,1-4H3,(H,79,86)(H,80,88)/b37-35+/t45?,47-,48+,49?,50?,51?,52?,53?,55?,56+,57-,58-,59-,60?,61-,62+,63-,64?,65?,66?,67?,68+,69+,70+,71-,72-,73-,74+,75+,76-,77-,78+/m0/s1. The summed E-state index contributed by atoms with van der Waals surface area (Å²) < 4.78 is 71.5. The second-order valence-corrected chi connectivity index (χ2v) is 31.3. The van der Waals surface area contributed by atoms with Gasteiger partial charge in [0.05, 0.1) is 57.9 Å². The van der Waals surface area contributed by atoms with Crippen molar-refractivity contribution in [2.24, 2.45) is 0 Å². The molecule has 34 nitrogen and oxygen atoms in total. The Bertz CT molecular complexity index is 2530. The molecule has 0 aromatic heterocycles. The normalized spacial score (nSPS) is 37.3. The van der Waals surface area contributed by atoms with E-state index in [1.165, 1.54) is 142 Å². The van der Waals surface area contributed by atoms with E-state index in [9.17, 15) is 102 Å². The summed E-state index contributed by atoms with van der Waals surface area (Å²) in [5, 5.41) is 206. The maximum absolute atomic E-state index is 13.6. The van der Waals surface area contributed by atoms with Gasteiger partial charge in [0, 0.05) is 13.3 Å². The summed E-state index contributed by atoms with van der Waals surface area (Å²) >= 11 is 0. The molecule has 0 saturated carbocycles. The molecule has 0 radical (unpaired) electrons. The van der Waals surface area contributed by atoms with Gasteiger partial charge in [-0.1, -0.05) is 206 Å². The molecule has 656 valence electrons. The predicted molar refractivity (Wildman–Crippen MR) is 399 cm³/mol. The van der Waals surface area contributed by atoms with Gasteiger partial charge in [-0.25, -0.2) is 0 Å². The van der Waals surface area contributed by atoms with Gasteiger partial charge in [-0.15, -0.1) is 0 Å². The number of amides is 2. The van der Waals surface area contributed by atoms with Gasteiger partial charge < -0.3 is 159 Å². The minimum absolute atomic E-state index is 0.176. The van der Waals surface area contributed by atoms with E-state index in [-0.39, 0.29) is 12.3 Å². The summed E-state index contributed by atoms with van der Waals surface area (Å²) in [5.74, 6) is -1.23. The van der Waals surface area contributed by atoms with Crippen molar-refractivity contribution in [3.8, 4) is 0 Å². The fourth-order valence-corrected chi connectivity index (χ4v) is 15.3. The molecule has 0 bridgehead atoms. The number of unbranched alkanes of at least 4 members (excludes halogenated alkanes) is 29. The lowest BCUT2D eigenvalue weighted by atomic mass is 9.93. The number of hydrogen-bond donors (Lipinski definition) is 20. The number of nitrogens with one attached hydrogen (secondary N) is 2. The molecular formula is C78H142N2O32. The zero-order chi connectivity index (χ0) is 81.8. The van der Waals surface area contributed by atoms with Gasteiger partial charge in [-0.3, -0.25) is 9.59 Å². The highest BCUT2D eigenvalue weighted by Gasteiger charge is 2.59. The number of aliphatic hydroxyl groups is 18. The van der Waals surface area contributed by atoms with Crippen molar-refractivity contribution in [2.45, 2.75) is 429 Å². The van der Waals surface area contributed by atoms with E-state index >= 15 is 0 Å². The van der Waals surface area contributed by atoms with Crippen LogP contribution in [0, 0.1) is 0 Å². The number of carbonyl (C=O) groups is 2. The summed E-state index contributed by atoms with van der Waals surface area (Å²) in [5.41, 5.74) is 0. The molecule has 112 heavy (non-hydrogen) atoms. The average Bonchev–Trinajstić information content (AvgIpc) is 0.769. The summed E-state index contributed by atoms with van der Waals surface area (Å²) in [7, 11) is 0. The maximum Gasteiger partial charge on any atom is 0.220 e.